The molecule has 0 aromatic heterocycles. The molecule has 4 rings (SSSR count). The van der Waals surface area contributed by atoms with Crippen molar-refractivity contribution in [2.24, 2.45) is 40.4 Å². The first-order chi connectivity index (χ1) is 11.6. The van der Waals surface area contributed by atoms with Crippen LogP contribution in [0.4, 0.5) is 0 Å². The Balaban J connectivity index is 1.74. The fourth-order valence-corrected chi connectivity index (χ4v) is 7.37. The second-order valence-electron chi connectivity index (χ2n) is 10.4. The van der Waals surface area contributed by atoms with Crippen LogP contribution in [0.3, 0.4) is 0 Å². The number of allylic oxidation sites excluding steroid dienone is 4. The van der Waals surface area contributed by atoms with Gasteiger partial charge in [0.25, 0.3) is 0 Å². The Morgan fingerprint density at radius 1 is 1.08 bits per heavy atom. The van der Waals surface area contributed by atoms with Gasteiger partial charge in [-0.3, -0.25) is 0 Å². The quantitative estimate of drug-likeness (QED) is 0.597. The Bertz CT molecular complexity index is 630. The molecule has 0 amide bonds. The van der Waals surface area contributed by atoms with Crippen LogP contribution in [-0.4, -0.2) is 15.8 Å². The maximum absolute atomic E-state index is 11.5. The smallest absolute Gasteiger partial charge is 0.0925 e. The molecule has 2 heteroatoms. The lowest BCUT2D eigenvalue weighted by Crippen LogP contribution is -2.63. The highest BCUT2D eigenvalue weighted by Crippen LogP contribution is 2.66. The van der Waals surface area contributed by atoms with E-state index in [-0.39, 0.29) is 10.8 Å². The molecule has 140 valence electrons. The monoisotopic (exact) mass is 344 g/mol. The third kappa shape index (κ3) is 2.19. The van der Waals surface area contributed by atoms with Crippen LogP contribution in [0.1, 0.15) is 73.1 Å². The first-order valence-corrected chi connectivity index (χ1v) is 10.4. The van der Waals surface area contributed by atoms with Gasteiger partial charge in [0, 0.05) is 6.42 Å². The van der Waals surface area contributed by atoms with Gasteiger partial charge in [-0.1, -0.05) is 33.8 Å². The first kappa shape index (κ1) is 17.6. The van der Waals surface area contributed by atoms with Gasteiger partial charge < -0.3 is 10.2 Å². The molecule has 0 radical (unpaired) electrons. The van der Waals surface area contributed by atoms with Crippen molar-refractivity contribution in [3.8, 4) is 0 Å². The molecule has 0 saturated heterocycles. The first-order valence-electron chi connectivity index (χ1n) is 10.4. The number of hydrogen-bond donors (Lipinski definition) is 2. The number of rotatable bonds is 0. The molecule has 2 unspecified atom stereocenters. The van der Waals surface area contributed by atoms with Crippen molar-refractivity contribution in [2.45, 2.75) is 78.7 Å². The summed E-state index contributed by atoms with van der Waals surface area (Å²) in [6.45, 7) is 11.5. The molecule has 0 aromatic carbocycles. The molecular weight excluding hydrogens is 308 g/mol. The minimum absolute atomic E-state index is 0.0362. The Morgan fingerprint density at radius 3 is 2.52 bits per heavy atom. The number of aliphatic hydroxyl groups excluding tert-OH is 1. The molecule has 25 heavy (non-hydrogen) atoms. The van der Waals surface area contributed by atoms with Crippen LogP contribution in [0.2, 0.25) is 0 Å². The number of fused-ring (bicyclic) bond motifs is 5. The Hall–Kier alpha value is -0.760. The van der Waals surface area contributed by atoms with Crippen molar-refractivity contribution in [3.05, 3.63) is 23.5 Å². The fraction of sp³-hybridized carbons (Fsp3) is 0.826. The highest BCUT2D eigenvalue weighted by molar-refractivity contribution is 5.35. The molecule has 0 bridgehead atoms. The van der Waals surface area contributed by atoms with Gasteiger partial charge in [0.15, 0.2) is 0 Å². The van der Waals surface area contributed by atoms with Crippen LogP contribution >= 0.6 is 0 Å². The predicted molar refractivity (Wildman–Crippen MR) is 102 cm³/mol. The molecule has 4 aliphatic rings. The Morgan fingerprint density at radius 2 is 1.80 bits per heavy atom. The van der Waals surface area contributed by atoms with Crippen molar-refractivity contribution in [1.82, 2.24) is 0 Å². The van der Waals surface area contributed by atoms with E-state index in [1.165, 1.54) is 18.4 Å². The van der Waals surface area contributed by atoms with Gasteiger partial charge in [-0.25, -0.2) is 0 Å². The molecule has 0 heterocycles. The lowest BCUT2D eigenvalue weighted by Gasteiger charge is -2.65. The van der Waals surface area contributed by atoms with Crippen LogP contribution in [0.25, 0.3) is 0 Å². The van der Waals surface area contributed by atoms with E-state index in [4.69, 9.17) is 0 Å². The maximum atomic E-state index is 11.5. The Kier molecular flexibility index (Phi) is 3.79. The van der Waals surface area contributed by atoms with E-state index in [0.717, 1.165) is 25.7 Å². The molecule has 0 spiro atoms. The summed E-state index contributed by atoms with van der Waals surface area (Å²) in [4.78, 5) is 0. The van der Waals surface area contributed by atoms with Crippen LogP contribution in [0.5, 0.6) is 0 Å². The zero-order chi connectivity index (χ0) is 18.2. The van der Waals surface area contributed by atoms with Crippen molar-refractivity contribution in [2.75, 3.05) is 0 Å². The van der Waals surface area contributed by atoms with E-state index in [0.29, 0.717) is 35.3 Å². The Labute approximate surface area is 153 Å². The summed E-state index contributed by atoms with van der Waals surface area (Å²) in [7, 11) is 0. The molecule has 2 N–H and O–H groups in total. The normalized spacial score (nSPS) is 55.4. The van der Waals surface area contributed by atoms with Crippen LogP contribution in [0, 0.1) is 40.4 Å². The van der Waals surface area contributed by atoms with Gasteiger partial charge in [0.05, 0.1) is 11.4 Å². The predicted octanol–water partition coefficient (Wildman–Crippen LogP) is 5.63. The average Bonchev–Trinajstić information content (AvgIpc) is 2.55. The summed E-state index contributed by atoms with van der Waals surface area (Å²) in [6, 6.07) is 0. The van der Waals surface area contributed by atoms with E-state index in [1.807, 2.05) is 0 Å². The molecule has 2 saturated carbocycles. The zero-order valence-electron chi connectivity index (χ0n) is 16.7. The lowest BCUT2D eigenvalue weighted by atomic mass is 9.41. The molecular formula is C23H36O2. The van der Waals surface area contributed by atoms with Gasteiger partial charge >= 0.3 is 0 Å². The van der Waals surface area contributed by atoms with Gasteiger partial charge in [-0.05, 0) is 91.1 Å². The van der Waals surface area contributed by atoms with E-state index in [2.05, 4.69) is 46.8 Å². The fourth-order valence-electron chi connectivity index (χ4n) is 7.37. The van der Waals surface area contributed by atoms with Crippen molar-refractivity contribution >= 4 is 0 Å². The van der Waals surface area contributed by atoms with Crippen molar-refractivity contribution in [1.29, 1.82) is 0 Å². The van der Waals surface area contributed by atoms with E-state index < -0.39 is 5.60 Å². The second kappa shape index (κ2) is 5.38. The van der Waals surface area contributed by atoms with Crippen LogP contribution in [-0.2, 0) is 0 Å². The number of aliphatic hydroxyl groups is 2. The molecule has 4 aliphatic carbocycles. The summed E-state index contributed by atoms with van der Waals surface area (Å²) >= 11 is 0. The van der Waals surface area contributed by atoms with Gasteiger partial charge in [-0.15, -0.1) is 0 Å². The highest BCUT2D eigenvalue weighted by Gasteiger charge is 2.62. The number of hydrogen-bond acceptors (Lipinski definition) is 2. The van der Waals surface area contributed by atoms with Crippen molar-refractivity contribution in [3.63, 3.8) is 0 Å². The summed E-state index contributed by atoms with van der Waals surface area (Å²) in [6.07, 6.45) is 11.1. The minimum Gasteiger partial charge on any atom is -0.512 e. The summed E-state index contributed by atoms with van der Waals surface area (Å²) in [5.74, 6) is 3.51. The molecule has 2 nitrogen and oxygen atoms in total. The SMILES string of the molecule is CC1C[C@H]2[C@@H]3CC=C4C=C(O)CC[C@]4(C)[C@H]3CC[C@]2(C)[C@@](C)(O)C1C. The highest BCUT2D eigenvalue weighted by atomic mass is 16.3. The van der Waals surface area contributed by atoms with E-state index >= 15 is 0 Å². The van der Waals surface area contributed by atoms with Gasteiger partial charge in [0.2, 0.25) is 0 Å². The molecule has 0 aromatic rings. The van der Waals surface area contributed by atoms with E-state index in [9.17, 15) is 10.2 Å². The van der Waals surface area contributed by atoms with Crippen LogP contribution < -0.4 is 0 Å². The van der Waals surface area contributed by atoms with E-state index in [1.54, 1.807) is 0 Å². The molecule has 2 fully saturated rings. The standard InChI is InChI=1S/C23H36O2/c1-14-12-20-18-7-6-16-13-17(24)8-10-21(16,3)19(18)9-11-22(20,4)23(5,25)15(14)2/h6,13-15,18-20,24-25H,7-12H2,1-5H3/t14?,15?,18-,19+,20+,21+,22+,23+/m1/s1. The largest absolute Gasteiger partial charge is 0.512 e. The third-order valence-electron chi connectivity index (χ3n) is 9.66. The molecule has 0 aliphatic heterocycles. The van der Waals surface area contributed by atoms with Gasteiger partial charge in [0.1, 0.15) is 0 Å². The zero-order valence-corrected chi connectivity index (χ0v) is 16.7. The average molecular weight is 345 g/mol. The summed E-state index contributed by atoms with van der Waals surface area (Å²) in [5, 5.41) is 21.5. The maximum Gasteiger partial charge on any atom is 0.0925 e. The molecule has 8 atom stereocenters. The minimum atomic E-state index is -0.573. The van der Waals surface area contributed by atoms with Gasteiger partial charge in [-0.2, -0.15) is 0 Å². The third-order valence-corrected chi connectivity index (χ3v) is 9.66. The summed E-state index contributed by atoms with van der Waals surface area (Å²) in [5.41, 5.74) is 1.06. The lowest BCUT2D eigenvalue weighted by molar-refractivity contribution is -0.215. The second-order valence-corrected chi connectivity index (χ2v) is 10.4. The topological polar surface area (TPSA) is 40.5 Å². The summed E-state index contributed by atoms with van der Waals surface area (Å²) < 4.78 is 0. The van der Waals surface area contributed by atoms with Crippen molar-refractivity contribution < 1.29 is 10.2 Å². The van der Waals surface area contributed by atoms with Crippen LogP contribution in [0.15, 0.2) is 23.5 Å².